The van der Waals surface area contributed by atoms with Crippen LogP contribution < -0.4 is 10.6 Å². The summed E-state index contributed by atoms with van der Waals surface area (Å²) < 4.78 is 0. The summed E-state index contributed by atoms with van der Waals surface area (Å²) in [6, 6.07) is 3.58. The van der Waals surface area contributed by atoms with Gasteiger partial charge >= 0.3 is 0 Å². The van der Waals surface area contributed by atoms with Gasteiger partial charge in [0.25, 0.3) is 0 Å². The fraction of sp³-hybridized carbons (Fsp3) is 0.273. The zero-order valence-electron chi connectivity index (χ0n) is 9.59. The van der Waals surface area contributed by atoms with E-state index < -0.39 is 0 Å². The van der Waals surface area contributed by atoms with Crippen molar-refractivity contribution < 1.29 is 0 Å². The molecule has 0 aliphatic rings. The van der Waals surface area contributed by atoms with Crippen LogP contribution in [0.2, 0.25) is 0 Å². The topological polar surface area (TPSA) is 75.6 Å². The molecule has 0 bridgehead atoms. The van der Waals surface area contributed by atoms with Crippen LogP contribution in [0.4, 0.5) is 17.7 Å². The van der Waals surface area contributed by atoms with Crippen molar-refractivity contribution in [1.29, 1.82) is 0 Å². The van der Waals surface area contributed by atoms with Crippen LogP contribution in [0.1, 0.15) is 13.3 Å². The van der Waals surface area contributed by atoms with Crippen LogP contribution >= 0.6 is 0 Å². The molecule has 2 rings (SSSR count). The lowest BCUT2D eigenvalue weighted by Crippen LogP contribution is -2.05. The highest BCUT2D eigenvalue weighted by atomic mass is 15.2. The second kappa shape index (κ2) is 5.74. The van der Waals surface area contributed by atoms with E-state index in [2.05, 4.69) is 37.5 Å². The van der Waals surface area contributed by atoms with E-state index >= 15 is 0 Å². The standard InChI is InChI=1S/C11H14N6/c1-2-5-12-9-4-8-15-11(16-9)17-10-13-6-3-7-14-10/h3-4,6-8H,2,5H2,1H3,(H2,12,13,14,15,16,17). The van der Waals surface area contributed by atoms with Crippen molar-refractivity contribution in [1.82, 2.24) is 19.9 Å². The molecule has 6 heteroatoms. The van der Waals surface area contributed by atoms with Gasteiger partial charge in [0, 0.05) is 25.1 Å². The van der Waals surface area contributed by atoms with Crippen molar-refractivity contribution in [2.75, 3.05) is 17.2 Å². The lowest BCUT2D eigenvalue weighted by atomic mass is 10.4. The van der Waals surface area contributed by atoms with Crippen LogP contribution in [0.3, 0.4) is 0 Å². The van der Waals surface area contributed by atoms with Gasteiger partial charge in [0.2, 0.25) is 11.9 Å². The monoisotopic (exact) mass is 230 g/mol. The molecule has 0 aliphatic heterocycles. The highest BCUT2D eigenvalue weighted by molar-refractivity contribution is 5.46. The van der Waals surface area contributed by atoms with Gasteiger partial charge in [-0.15, -0.1) is 0 Å². The summed E-state index contributed by atoms with van der Waals surface area (Å²) in [5, 5.41) is 6.12. The van der Waals surface area contributed by atoms with Crippen LogP contribution in [-0.4, -0.2) is 26.5 Å². The summed E-state index contributed by atoms with van der Waals surface area (Å²) in [7, 11) is 0. The summed E-state index contributed by atoms with van der Waals surface area (Å²) in [5.74, 6) is 1.76. The van der Waals surface area contributed by atoms with E-state index in [1.807, 2.05) is 6.07 Å². The van der Waals surface area contributed by atoms with E-state index in [1.54, 1.807) is 24.7 Å². The zero-order chi connectivity index (χ0) is 11.9. The molecule has 88 valence electrons. The molecule has 0 fully saturated rings. The highest BCUT2D eigenvalue weighted by Crippen LogP contribution is 2.09. The first kappa shape index (κ1) is 11.3. The second-order valence-corrected chi connectivity index (χ2v) is 3.39. The molecule has 0 amide bonds. The number of nitrogens with one attached hydrogen (secondary N) is 2. The van der Waals surface area contributed by atoms with Gasteiger partial charge in [0.1, 0.15) is 5.82 Å². The first-order valence-corrected chi connectivity index (χ1v) is 5.49. The van der Waals surface area contributed by atoms with E-state index in [4.69, 9.17) is 0 Å². The number of rotatable bonds is 5. The van der Waals surface area contributed by atoms with Crippen LogP contribution in [0.5, 0.6) is 0 Å². The minimum Gasteiger partial charge on any atom is -0.370 e. The maximum Gasteiger partial charge on any atom is 0.231 e. The Morgan fingerprint density at radius 2 is 1.82 bits per heavy atom. The zero-order valence-corrected chi connectivity index (χ0v) is 9.59. The molecule has 0 radical (unpaired) electrons. The van der Waals surface area contributed by atoms with Crippen LogP contribution in [-0.2, 0) is 0 Å². The van der Waals surface area contributed by atoms with Crippen molar-refractivity contribution in [3.63, 3.8) is 0 Å². The van der Waals surface area contributed by atoms with Crippen molar-refractivity contribution in [3.05, 3.63) is 30.7 Å². The van der Waals surface area contributed by atoms with Crippen LogP contribution in [0, 0.1) is 0 Å². The van der Waals surface area contributed by atoms with E-state index in [0.29, 0.717) is 11.9 Å². The molecule has 0 saturated heterocycles. The molecule has 0 saturated carbocycles. The molecule has 2 aromatic heterocycles. The van der Waals surface area contributed by atoms with Gasteiger partial charge in [-0.2, -0.15) is 4.98 Å². The molecule has 0 aliphatic carbocycles. The largest absolute Gasteiger partial charge is 0.370 e. The number of hydrogen-bond acceptors (Lipinski definition) is 6. The summed E-state index contributed by atoms with van der Waals surface area (Å²) in [6.45, 7) is 2.99. The summed E-state index contributed by atoms with van der Waals surface area (Å²) >= 11 is 0. The molecule has 2 N–H and O–H groups in total. The van der Waals surface area contributed by atoms with Crippen LogP contribution in [0.25, 0.3) is 0 Å². The third-order valence-electron chi connectivity index (χ3n) is 2.00. The third-order valence-corrected chi connectivity index (χ3v) is 2.00. The maximum absolute atomic E-state index is 4.29. The first-order chi connectivity index (χ1) is 8.38. The Bertz CT molecular complexity index is 459. The van der Waals surface area contributed by atoms with Gasteiger partial charge in [-0.05, 0) is 18.6 Å². The molecule has 0 atom stereocenters. The summed E-state index contributed by atoms with van der Waals surface area (Å²) in [5.41, 5.74) is 0. The van der Waals surface area contributed by atoms with Gasteiger partial charge in [-0.1, -0.05) is 6.92 Å². The van der Waals surface area contributed by atoms with Gasteiger partial charge in [-0.25, -0.2) is 15.0 Å². The van der Waals surface area contributed by atoms with E-state index in [9.17, 15) is 0 Å². The van der Waals surface area contributed by atoms with E-state index in [0.717, 1.165) is 18.8 Å². The Balaban J connectivity index is 2.06. The van der Waals surface area contributed by atoms with Gasteiger partial charge in [0.05, 0.1) is 0 Å². The average molecular weight is 230 g/mol. The maximum atomic E-state index is 4.29. The highest BCUT2D eigenvalue weighted by Gasteiger charge is 2.00. The number of nitrogens with zero attached hydrogens (tertiary/aromatic N) is 4. The Labute approximate surface area is 99.6 Å². The molecule has 0 spiro atoms. The summed E-state index contributed by atoms with van der Waals surface area (Å²) in [4.78, 5) is 16.5. The first-order valence-electron chi connectivity index (χ1n) is 5.49. The predicted molar refractivity (Wildman–Crippen MR) is 66.1 cm³/mol. The SMILES string of the molecule is CCCNc1ccnc(Nc2ncccn2)n1. The van der Waals surface area contributed by atoms with Gasteiger partial charge in [-0.3, -0.25) is 5.32 Å². The Hall–Kier alpha value is -2.24. The predicted octanol–water partition coefficient (Wildman–Crippen LogP) is 1.83. The second-order valence-electron chi connectivity index (χ2n) is 3.39. The minimum atomic E-state index is 0.484. The third kappa shape index (κ3) is 3.37. The van der Waals surface area contributed by atoms with Crippen LogP contribution in [0.15, 0.2) is 30.7 Å². The molecule has 0 unspecified atom stereocenters. The molecule has 17 heavy (non-hydrogen) atoms. The lowest BCUT2D eigenvalue weighted by molar-refractivity contribution is 0.965. The van der Waals surface area contributed by atoms with E-state index in [1.165, 1.54) is 0 Å². The number of hydrogen-bond donors (Lipinski definition) is 2. The van der Waals surface area contributed by atoms with Crippen molar-refractivity contribution in [2.24, 2.45) is 0 Å². The lowest BCUT2D eigenvalue weighted by Gasteiger charge is -2.06. The van der Waals surface area contributed by atoms with E-state index in [-0.39, 0.29) is 0 Å². The van der Waals surface area contributed by atoms with Crippen molar-refractivity contribution >= 4 is 17.7 Å². The fourth-order valence-electron chi connectivity index (χ4n) is 1.23. The molecule has 6 nitrogen and oxygen atoms in total. The Kier molecular flexibility index (Phi) is 3.80. The van der Waals surface area contributed by atoms with Gasteiger partial charge in [0.15, 0.2) is 0 Å². The Morgan fingerprint density at radius 3 is 2.59 bits per heavy atom. The summed E-state index contributed by atoms with van der Waals surface area (Å²) in [6.07, 6.45) is 6.06. The molecular weight excluding hydrogens is 216 g/mol. The van der Waals surface area contributed by atoms with Gasteiger partial charge < -0.3 is 5.32 Å². The number of aromatic nitrogens is 4. The minimum absolute atomic E-state index is 0.484. The normalized spacial score (nSPS) is 9.94. The molecule has 2 heterocycles. The quantitative estimate of drug-likeness (QED) is 0.816. The van der Waals surface area contributed by atoms with Crippen molar-refractivity contribution in [2.45, 2.75) is 13.3 Å². The number of anilines is 3. The molecular formula is C11H14N6. The average Bonchev–Trinajstić information content (AvgIpc) is 2.38. The van der Waals surface area contributed by atoms with Crippen molar-refractivity contribution in [3.8, 4) is 0 Å². The molecule has 0 aromatic carbocycles. The smallest absolute Gasteiger partial charge is 0.231 e. The Morgan fingerprint density at radius 1 is 1.06 bits per heavy atom. The fourth-order valence-corrected chi connectivity index (χ4v) is 1.23. The molecule has 2 aromatic rings.